The van der Waals surface area contributed by atoms with Gasteiger partial charge in [0, 0.05) is 18.6 Å². The summed E-state index contributed by atoms with van der Waals surface area (Å²) in [7, 11) is 9.36. The Morgan fingerprint density at radius 2 is 0.692 bits per heavy atom. The molecule has 0 aliphatic rings. The van der Waals surface area contributed by atoms with Gasteiger partial charge in [-0.2, -0.15) is 0 Å². The zero-order valence-electron chi connectivity index (χ0n) is 30.4. The summed E-state index contributed by atoms with van der Waals surface area (Å²) in [5, 5.41) is 0. The first-order valence-electron chi connectivity index (χ1n) is 15.5. The second-order valence-electron chi connectivity index (χ2n) is 10.6. The number of methoxy groups -OCH3 is 6. The Bertz CT molecular complexity index is 1820. The molecule has 0 aliphatic carbocycles. The maximum absolute atomic E-state index is 5.22. The van der Waals surface area contributed by atoms with Gasteiger partial charge in [-0.05, 0) is 56.1 Å². The normalized spacial score (nSPS) is 9.87. The van der Waals surface area contributed by atoms with Crippen LogP contribution in [0.15, 0.2) is 73.2 Å². The van der Waals surface area contributed by atoms with Gasteiger partial charge in [-0.1, -0.05) is 69.8 Å². The summed E-state index contributed by atoms with van der Waals surface area (Å²) < 4.78 is 30.7. The summed E-state index contributed by atoms with van der Waals surface area (Å²) in [4.78, 5) is 25.4. The van der Waals surface area contributed by atoms with Crippen molar-refractivity contribution in [1.29, 1.82) is 0 Å². The standard InChI is InChI=1S/3C13H13N2O2.Ir/c3*1-9-6-7-14-11(8-9)10-4-5-12(16-2)15-13(10)17-3;/h3*5-8H,1-3H3;/q3*-1;+3. The SMILES string of the molecule is COc1c[c-]c(-c2cc(C)ccn2)c(OC)n1.COc1c[c-]c(-c2cc(C)ccn2)c(OC)n1.COc1c[c-]c(-c2cc(C)ccn2)c(OC)n1.[Ir+3]. The van der Waals surface area contributed by atoms with Gasteiger partial charge in [0.25, 0.3) is 0 Å². The van der Waals surface area contributed by atoms with Crippen molar-refractivity contribution >= 4 is 0 Å². The van der Waals surface area contributed by atoms with Crippen LogP contribution in [0.3, 0.4) is 0 Å². The molecule has 270 valence electrons. The minimum atomic E-state index is 0. The fourth-order valence-corrected chi connectivity index (χ4v) is 4.48. The topological polar surface area (TPSA) is 133 Å². The van der Waals surface area contributed by atoms with E-state index in [1.54, 1.807) is 79.4 Å². The number of nitrogens with zero attached hydrogens (tertiary/aromatic N) is 6. The Labute approximate surface area is 317 Å². The fourth-order valence-electron chi connectivity index (χ4n) is 4.48. The Morgan fingerprint density at radius 1 is 0.423 bits per heavy atom. The molecule has 0 atom stereocenters. The molecule has 52 heavy (non-hydrogen) atoms. The van der Waals surface area contributed by atoms with Crippen LogP contribution in [0.2, 0.25) is 0 Å². The molecule has 0 fully saturated rings. The molecule has 6 aromatic rings. The Hall–Kier alpha value is -5.65. The molecule has 0 radical (unpaired) electrons. The summed E-state index contributed by atoms with van der Waals surface area (Å²) >= 11 is 0. The van der Waals surface area contributed by atoms with Crippen molar-refractivity contribution in [2.75, 3.05) is 42.7 Å². The first-order chi connectivity index (χ1) is 24.7. The number of hydrogen-bond acceptors (Lipinski definition) is 12. The van der Waals surface area contributed by atoms with Gasteiger partial charge in [0.1, 0.15) is 35.3 Å². The molecule has 12 nitrogen and oxygen atoms in total. The van der Waals surface area contributed by atoms with Crippen molar-refractivity contribution in [2.24, 2.45) is 0 Å². The molecular weight excluding hydrogens is 841 g/mol. The van der Waals surface area contributed by atoms with E-state index < -0.39 is 0 Å². The molecule has 0 saturated heterocycles. The number of aromatic nitrogens is 6. The van der Waals surface area contributed by atoms with Crippen LogP contribution in [-0.2, 0) is 20.1 Å². The van der Waals surface area contributed by atoms with Crippen molar-refractivity contribution in [3.05, 3.63) is 108 Å². The Balaban J connectivity index is 0.000000208. The molecule has 0 saturated carbocycles. The van der Waals surface area contributed by atoms with E-state index in [0.29, 0.717) is 35.3 Å². The predicted molar refractivity (Wildman–Crippen MR) is 192 cm³/mol. The van der Waals surface area contributed by atoms with Crippen LogP contribution in [0.5, 0.6) is 35.3 Å². The smallest absolute Gasteiger partial charge is 0.524 e. The third kappa shape index (κ3) is 10.9. The molecular formula is C39H39IrN6O6. The molecule has 6 rings (SSSR count). The monoisotopic (exact) mass is 880 g/mol. The molecule has 0 spiro atoms. The molecule has 0 amide bonds. The van der Waals surface area contributed by atoms with E-state index in [9.17, 15) is 0 Å². The summed E-state index contributed by atoms with van der Waals surface area (Å²) in [6.45, 7) is 6.03. The van der Waals surface area contributed by atoms with Crippen LogP contribution in [0, 0.1) is 39.0 Å². The average Bonchev–Trinajstić information content (AvgIpc) is 3.17. The number of pyridine rings is 6. The molecule has 13 heteroatoms. The van der Waals surface area contributed by atoms with Crippen LogP contribution < -0.4 is 28.4 Å². The molecule has 6 heterocycles. The van der Waals surface area contributed by atoms with E-state index in [-0.39, 0.29) is 20.1 Å². The van der Waals surface area contributed by atoms with Crippen molar-refractivity contribution < 1.29 is 48.5 Å². The van der Waals surface area contributed by atoms with E-state index in [4.69, 9.17) is 28.4 Å². The van der Waals surface area contributed by atoms with E-state index in [2.05, 4.69) is 48.1 Å². The van der Waals surface area contributed by atoms with E-state index in [1.807, 2.05) is 57.2 Å². The largest absolute Gasteiger partial charge is 3.00 e. The second-order valence-corrected chi connectivity index (χ2v) is 10.6. The molecule has 0 unspecified atom stereocenters. The van der Waals surface area contributed by atoms with Crippen molar-refractivity contribution in [2.45, 2.75) is 20.8 Å². The maximum Gasteiger partial charge on any atom is 3.00 e. The molecule has 0 aliphatic heterocycles. The van der Waals surface area contributed by atoms with E-state index in [0.717, 1.165) is 50.5 Å². The van der Waals surface area contributed by atoms with Crippen LogP contribution in [0.4, 0.5) is 0 Å². The van der Waals surface area contributed by atoms with Gasteiger partial charge >= 0.3 is 20.1 Å². The summed E-state index contributed by atoms with van der Waals surface area (Å²) in [6, 6.07) is 25.9. The Morgan fingerprint density at radius 3 is 0.904 bits per heavy atom. The second kappa shape index (κ2) is 20.3. The van der Waals surface area contributed by atoms with Gasteiger partial charge in [-0.25, -0.2) is 0 Å². The third-order valence-electron chi connectivity index (χ3n) is 7.02. The number of rotatable bonds is 9. The van der Waals surface area contributed by atoms with Gasteiger partial charge in [0.2, 0.25) is 0 Å². The summed E-state index contributed by atoms with van der Waals surface area (Å²) in [5.41, 5.74) is 7.95. The van der Waals surface area contributed by atoms with Crippen LogP contribution in [0.25, 0.3) is 33.8 Å². The van der Waals surface area contributed by atoms with Crippen molar-refractivity contribution in [3.63, 3.8) is 0 Å². The third-order valence-corrected chi connectivity index (χ3v) is 7.02. The number of hydrogen-bond donors (Lipinski definition) is 0. The van der Waals surface area contributed by atoms with Gasteiger partial charge in [0.15, 0.2) is 0 Å². The first-order valence-corrected chi connectivity index (χ1v) is 15.5. The maximum atomic E-state index is 5.22. The molecule has 0 N–H and O–H groups in total. The summed E-state index contributed by atoms with van der Waals surface area (Å²) in [6.07, 6.45) is 5.26. The van der Waals surface area contributed by atoms with E-state index in [1.165, 1.54) is 0 Å². The van der Waals surface area contributed by atoms with Crippen LogP contribution >= 0.6 is 0 Å². The quantitative estimate of drug-likeness (QED) is 0.142. The number of ether oxygens (including phenoxy) is 6. The van der Waals surface area contributed by atoms with Gasteiger partial charge in [-0.15, -0.1) is 18.2 Å². The zero-order chi connectivity index (χ0) is 36.8. The van der Waals surface area contributed by atoms with Gasteiger partial charge < -0.3 is 43.4 Å². The van der Waals surface area contributed by atoms with E-state index >= 15 is 0 Å². The van der Waals surface area contributed by atoms with Crippen LogP contribution in [-0.4, -0.2) is 72.6 Å². The van der Waals surface area contributed by atoms with Crippen molar-refractivity contribution in [1.82, 2.24) is 29.9 Å². The Kier molecular flexibility index (Phi) is 15.9. The first kappa shape index (κ1) is 40.8. The zero-order valence-corrected chi connectivity index (χ0v) is 32.8. The fraction of sp³-hybridized carbons (Fsp3) is 0.231. The number of aryl methyl sites for hydroxylation is 3. The average molecular weight is 880 g/mol. The summed E-state index contributed by atoms with van der Waals surface area (Å²) in [5.74, 6) is 2.79. The van der Waals surface area contributed by atoms with Crippen LogP contribution in [0.1, 0.15) is 16.7 Å². The molecule has 0 bridgehead atoms. The van der Waals surface area contributed by atoms with Crippen molar-refractivity contribution in [3.8, 4) is 69.1 Å². The minimum absolute atomic E-state index is 0. The van der Waals surface area contributed by atoms with Gasteiger partial charge in [-0.3, -0.25) is 15.0 Å². The molecule has 0 aromatic carbocycles. The van der Waals surface area contributed by atoms with Gasteiger partial charge in [0.05, 0.1) is 42.7 Å². The molecule has 6 aromatic heterocycles. The minimum Gasteiger partial charge on any atom is -0.524 e. The predicted octanol–water partition coefficient (Wildman–Crippen LogP) is 6.81.